The van der Waals surface area contributed by atoms with Crippen LogP contribution in [0, 0.1) is 0 Å². The number of hydrogen-bond donors (Lipinski definition) is 0. The highest BCUT2D eigenvalue weighted by molar-refractivity contribution is 9.10. The number of rotatable bonds is 4. The van der Waals surface area contributed by atoms with Crippen LogP contribution in [0.3, 0.4) is 0 Å². The summed E-state index contributed by atoms with van der Waals surface area (Å²) in [5.41, 5.74) is 0. The highest BCUT2D eigenvalue weighted by atomic mass is 79.9. The smallest absolute Gasteiger partial charge is 0.184 e. The van der Waals surface area contributed by atoms with E-state index in [-0.39, 0.29) is 0 Å². The number of ether oxygens (including phenoxy) is 2. The van der Waals surface area contributed by atoms with Crippen molar-refractivity contribution in [2.75, 3.05) is 0 Å². The van der Waals surface area contributed by atoms with E-state index in [1.807, 2.05) is 78.9 Å². The van der Waals surface area contributed by atoms with Crippen LogP contribution in [-0.4, -0.2) is 0 Å². The number of para-hydroxylation sites is 3. The van der Waals surface area contributed by atoms with Crippen molar-refractivity contribution in [3.63, 3.8) is 0 Å². The molecule has 0 fully saturated rings. The fourth-order valence-corrected chi connectivity index (χ4v) is 2.32. The molecule has 0 heterocycles. The molecule has 0 aliphatic rings. The SMILES string of the molecule is Brc1cccc(Oc2ccccc2)c1Oc1ccccc1. The van der Waals surface area contributed by atoms with Gasteiger partial charge in [0.15, 0.2) is 11.5 Å². The molecular formula is C18H13BrO2. The Balaban J connectivity index is 1.92. The topological polar surface area (TPSA) is 18.5 Å². The van der Waals surface area contributed by atoms with Gasteiger partial charge in [0.2, 0.25) is 0 Å². The van der Waals surface area contributed by atoms with Gasteiger partial charge in [-0.15, -0.1) is 0 Å². The van der Waals surface area contributed by atoms with E-state index in [1.54, 1.807) is 0 Å². The van der Waals surface area contributed by atoms with Crippen LogP contribution in [0.1, 0.15) is 0 Å². The molecule has 21 heavy (non-hydrogen) atoms. The Bertz CT molecular complexity index is 712. The first-order valence-corrected chi connectivity index (χ1v) is 7.36. The Morgan fingerprint density at radius 1 is 0.571 bits per heavy atom. The molecule has 2 nitrogen and oxygen atoms in total. The fraction of sp³-hybridized carbons (Fsp3) is 0. The molecule has 3 rings (SSSR count). The van der Waals surface area contributed by atoms with Crippen LogP contribution in [0.2, 0.25) is 0 Å². The van der Waals surface area contributed by atoms with Crippen molar-refractivity contribution in [3.8, 4) is 23.0 Å². The number of benzene rings is 3. The van der Waals surface area contributed by atoms with Crippen molar-refractivity contribution in [2.24, 2.45) is 0 Å². The molecule has 0 aliphatic carbocycles. The van der Waals surface area contributed by atoms with Crippen molar-refractivity contribution >= 4 is 15.9 Å². The second kappa shape index (κ2) is 6.46. The van der Waals surface area contributed by atoms with Crippen molar-refractivity contribution in [2.45, 2.75) is 0 Å². The molecule has 3 aromatic rings. The third kappa shape index (κ3) is 3.44. The molecule has 3 heteroatoms. The zero-order valence-electron chi connectivity index (χ0n) is 11.2. The Morgan fingerprint density at radius 3 is 1.76 bits per heavy atom. The Kier molecular flexibility index (Phi) is 4.22. The minimum Gasteiger partial charge on any atom is -0.453 e. The standard InChI is InChI=1S/C18H13BrO2/c19-16-12-7-13-17(20-14-8-3-1-4-9-14)18(16)21-15-10-5-2-6-11-15/h1-13H. The van der Waals surface area contributed by atoms with Crippen LogP contribution in [0.25, 0.3) is 0 Å². The maximum Gasteiger partial charge on any atom is 0.184 e. The van der Waals surface area contributed by atoms with Gasteiger partial charge in [-0.3, -0.25) is 0 Å². The van der Waals surface area contributed by atoms with Gasteiger partial charge < -0.3 is 9.47 Å². The summed E-state index contributed by atoms with van der Waals surface area (Å²) in [5, 5.41) is 0. The molecule has 0 aliphatic heterocycles. The minimum absolute atomic E-state index is 0.660. The zero-order valence-corrected chi connectivity index (χ0v) is 12.8. The molecule has 0 unspecified atom stereocenters. The van der Waals surface area contributed by atoms with Gasteiger partial charge in [0, 0.05) is 0 Å². The molecular weight excluding hydrogens is 328 g/mol. The molecule has 0 saturated heterocycles. The third-order valence-corrected chi connectivity index (χ3v) is 3.49. The van der Waals surface area contributed by atoms with E-state index in [4.69, 9.17) is 9.47 Å². The van der Waals surface area contributed by atoms with E-state index in [1.165, 1.54) is 0 Å². The normalized spacial score (nSPS) is 10.1. The van der Waals surface area contributed by atoms with Gasteiger partial charge in [0.1, 0.15) is 11.5 Å². The lowest BCUT2D eigenvalue weighted by molar-refractivity contribution is 0.416. The zero-order chi connectivity index (χ0) is 14.5. The minimum atomic E-state index is 0.660. The lowest BCUT2D eigenvalue weighted by atomic mass is 10.3. The first kappa shape index (κ1) is 13.7. The summed E-state index contributed by atoms with van der Waals surface area (Å²) >= 11 is 3.51. The average molecular weight is 341 g/mol. The monoisotopic (exact) mass is 340 g/mol. The van der Waals surface area contributed by atoms with E-state index in [0.29, 0.717) is 11.5 Å². The van der Waals surface area contributed by atoms with Gasteiger partial charge in [-0.1, -0.05) is 42.5 Å². The summed E-state index contributed by atoms with van der Waals surface area (Å²) in [4.78, 5) is 0. The van der Waals surface area contributed by atoms with Gasteiger partial charge in [-0.2, -0.15) is 0 Å². The van der Waals surface area contributed by atoms with E-state index in [9.17, 15) is 0 Å². The summed E-state index contributed by atoms with van der Waals surface area (Å²) in [7, 11) is 0. The Hall–Kier alpha value is -2.26. The maximum absolute atomic E-state index is 5.94. The van der Waals surface area contributed by atoms with Crippen LogP contribution in [0.15, 0.2) is 83.3 Å². The molecule has 0 amide bonds. The second-order valence-electron chi connectivity index (χ2n) is 4.40. The van der Waals surface area contributed by atoms with Gasteiger partial charge in [0.05, 0.1) is 4.47 Å². The lowest BCUT2D eigenvalue weighted by Gasteiger charge is -2.13. The highest BCUT2D eigenvalue weighted by Crippen LogP contribution is 2.40. The quantitative estimate of drug-likeness (QED) is 0.576. The van der Waals surface area contributed by atoms with Crippen LogP contribution >= 0.6 is 15.9 Å². The van der Waals surface area contributed by atoms with Crippen LogP contribution in [0.5, 0.6) is 23.0 Å². The molecule has 0 radical (unpaired) electrons. The van der Waals surface area contributed by atoms with Crippen LogP contribution in [-0.2, 0) is 0 Å². The van der Waals surface area contributed by atoms with E-state index < -0.39 is 0 Å². The maximum atomic E-state index is 5.94. The first-order chi connectivity index (χ1) is 10.3. The number of hydrogen-bond acceptors (Lipinski definition) is 2. The summed E-state index contributed by atoms with van der Waals surface area (Å²) in [6.45, 7) is 0. The van der Waals surface area contributed by atoms with E-state index in [2.05, 4.69) is 15.9 Å². The van der Waals surface area contributed by atoms with Gasteiger partial charge in [-0.05, 0) is 52.3 Å². The van der Waals surface area contributed by atoms with Gasteiger partial charge in [0.25, 0.3) is 0 Å². The predicted molar refractivity (Wildman–Crippen MR) is 87.2 cm³/mol. The average Bonchev–Trinajstić information content (AvgIpc) is 2.53. The van der Waals surface area contributed by atoms with Gasteiger partial charge in [-0.25, -0.2) is 0 Å². The van der Waals surface area contributed by atoms with E-state index >= 15 is 0 Å². The molecule has 3 aromatic carbocycles. The second-order valence-corrected chi connectivity index (χ2v) is 5.25. The third-order valence-electron chi connectivity index (χ3n) is 2.86. The highest BCUT2D eigenvalue weighted by Gasteiger charge is 2.11. The molecule has 0 aromatic heterocycles. The molecule has 0 atom stereocenters. The predicted octanol–water partition coefficient (Wildman–Crippen LogP) is 6.03. The van der Waals surface area contributed by atoms with Crippen molar-refractivity contribution in [3.05, 3.63) is 83.3 Å². The van der Waals surface area contributed by atoms with Crippen molar-refractivity contribution in [1.82, 2.24) is 0 Å². The summed E-state index contributed by atoms with van der Waals surface area (Å²) in [5.74, 6) is 2.86. The Labute approximate surface area is 132 Å². The number of halogens is 1. The summed E-state index contributed by atoms with van der Waals surface area (Å²) in [6, 6.07) is 25.0. The molecule has 0 saturated carbocycles. The molecule has 0 spiro atoms. The van der Waals surface area contributed by atoms with Crippen LogP contribution in [0.4, 0.5) is 0 Å². The molecule has 0 bridgehead atoms. The van der Waals surface area contributed by atoms with Crippen molar-refractivity contribution in [1.29, 1.82) is 0 Å². The van der Waals surface area contributed by atoms with E-state index in [0.717, 1.165) is 16.0 Å². The fourth-order valence-electron chi connectivity index (χ4n) is 1.89. The van der Waals surface area contributed by atoms with Crippen LogP contribution < -0.4 is 9.47 Å². The summed E-state index contributed by atoms with van der Waals surface area (Å²) < 4.78 is 12.7. The van der Waals surface area contributed by atoms with Gasteiger partial charge >= 0.3 is 0 Å². The lowest BCUT2D eigenvalue weighted by Crippen LogP contribution is -1.91. The largest absolute Gasteiger partial charge is 0.453 e. The molecule has 104 valence electrons. The summed E-state index contributed by atoms with van der Waals surface area (Å²) in [6.07, 6.45) is 0. The molecule has 0 N–H and O–H groups in total. The first-order valence-electron chi connectivity index (χ1n) is 6.57. The Morgan fingerprint density at radius 2 is 1.14 bits per heavy atom. The van der Waals surface area contributed by atoms with Crippen molar-refractivity contribution < 1.29 is 9.47 Å².